The van der Waals surface area contributed by atoms with Gasteiger partial charge in [-0.15, -0.1) is 0 Å². The van der Waals surface area contributed by atoms with E-state index >= 15 is 0 Å². The van der Waals surface area contributed by atoms with Gasteiger partial charge in [0.2, 0.25) is 0 Å². The highest BCUT2D eigenvalue weighted by Gasteiger charge is 2.13. The van der Waals surface area contributed by atoms with Crippen molar-refractivity contribution in [2.75, 3.05) is 106 Å². The minimum absolute atomic E-state index is 0.00859. The molecule has 4 aliphatic heterocycles. The lowest BCUT2D eigenvalue weighted by Gasteiger charge is -2.12. The van der Waals surface area contributed by atoms with Gasteiger partial charge in [0.05, 0.1) is 79.3 Å². The van der Waals surface area contributed by atoms with E-state index in [4.69, 9.17) is 47.4 Å². The highest BCUT2D eigenvalue weighted by Crippen LogP contribution is 2.24. The molecule has 0 radical (unpaired) electrons. The lowest BCUT2D eigenvalue weighted by Crippen LogP contribution is -2.15. The summed E-state index contributed by atoms with van der Waals surface area (Å²) in [4.78, 5) is 11.7. The van der Waals surface area contributed by atoms with E-state index in [0.717, 1.165) is 11.5 Å². The number of benzene rings is 2. The van der Waals surface area contributed by atoms with Gasteiger partial charge in [0.15, 0.2) is 0 Å². The van der Waals surface area contributed by atoms with Gasteiger partial charge in [-0.05, 0) is 42.5 Å². The van der Waals surface area contributed by atoms with E-state index in [2.05, 4.69) is 0 Å². The molecule has 6 rings (SSSR count). The van der Waals surface area contributed by atoms with Crippen LogP contribution in [-0.2, 0) is 28.4 Å². The highest BCUT2D eigenvalue weighted by molar-refractivity contribution is 5.91. The smallest absolute Gasteiger partial charge is 0.339 e. The Bertz CT molecular complexity index is 969. The summed E-state index contributed by atoms with van der Waals surface area (Å²) in [5.74, 6) is 1.01. The van der Waals surface area contributed by atoms with E-state index in [9.17, 15) is 9.90 Å². The summed E-state index contributed by atoms with van der Waals surface area (Å²) >= 11 is 0. The highest BCUT2D eigenvalue weighted by atomic mass is 16.6. The molecule has 0 unspecified atom stereocenters. The fourth-order valence-electron chi connectivity index (χ4n) is 3.47. The van der Waals surface area contributed by atoms with Gasteiger partial charge < -0.3 is 52.5 Å². The SMILES string of the molecule is O=C(O)c1cc2ccc1OCCOCCOCCOCCOc1ccc(cc1)OCCOCCOCCOCCO2. The Morgan fingerprint density at radius 1 is 0.439 bits per heavy atom. The number of carbonyl (C=O) groups is 1. The van der Waals surface area contributed by atoms with Gasteiger partial charge in [-0.2, -0.15) is 0 Å². The van der Waals surface area contributed by atoms with Crippen molar-refractivity contribution >= 4 is 5.97 Å². The Balaban J connectivity index is 1.39. The average Bonchev–Trinajstić information content (AvgIpc) is 2.98. The maximum Gasteiger partial charge on any atom is 0.339 e. The van der Waals surface area contributed by atoms with Crippen LogP contribution in [-0.4, -0.2) is 117 Å². The lowest BCUT2D eigenvalue weighted by atomic mass is 10.2. The molecule has 1 N–H and O–H groups in total. The summed E-state index contributed by atoms with van der Waals surface area (Å²) in [6, 6.07) is 12.0. The van der Waals surface area contributed by atoms with Gasteiger partial charge in [-0.1, -0.05) is 0 Å². The van der Waals surface area contributed by atoms with Crippen LogP contribution in [0.4, 0.5) is 0 Å². The molecule has 41 heavy (non-hydrogen) atoms. The molecule has 0 atom stereocenters. The second-order valence-electron chi connectivity index (χ2n) is 8.50. The van der Waals surface area contributed by atoms with Crippen LogP contribution in [0.1, 0.15) is 10.4 Å². The van der Waals surface area contributed by atoms with Crippen molar-refractivity contribution in [3.8, 4) is 23.0 Å². The van der Waals surface area contributed by atoms with Crippen LogP contribution < -0.4 is 18.9 Å². The van der Waals surface area contributed by atoms with Crippen LogP contribution in [0.5, 0.6) is 23.0 Å². The summed E-state index contributed by atoms with van der Waals surface area (Å²) in [5.41, 5.74) is 0.00859. The number of hydrogen-bond donors (Lipinski definition) is 1. The zero-order chi connectivity index (χ0) is 28.8. The normalized spacial score (nSPS) is 18.5. The number of aromatic carboxylic acids is 1. The Hall–Kier alpha value is -3.13. The zero-order valence-electron chi connectivity index (χ0n) is 23.3. The standard InChI is InChI=1S/C29H40O12/c30-29(31)27-23-26-5-6-28(27)41-22-18-37-14-10-33-8-12-35-16-20-39-25-3-1-24(2-4-25)38-19-15-34-11-7-32-9-13-36-17-21-40-26/h1-6,23H,7-22H2,(H,30,31). The van der Waals surface area contributed by atoms with E-state index < -0.39 is 5.97 Å². The molecule has 2 aromatic rings. The van der Waals surface area contributed by atoms with E-state index in [1.54, 1.807) is 12.1 Å². The first kappa shape index (κ1) is 32.4. The number of rotatable bonds is 1. The van der Waals surface area contributed by atoms with Crippen molar-refractivity contribution in [2.24, 2.45) is 0 Å². The summed E-state index contributed by atoms with van der Waals surface area (Å²) < 4.78 is 55.5. The number of carboxylic acids is 1. The van der Waals surface area contributed by atoms with E-state index in [1.807, 2.05) is 24.3 Å². The minimum Gasteiger partial charge on any atom is -0.491 e. The van der Waals surface area contributed by atoms with Crippen LogP contribution in [0.2, 0.25) is 0 Å². The van der Waals surface area contributed by atoms with Crippen LogP contribution in [0.3, 0.4) is 0 Å². The third-order valence-corrected chi connectivity index (χ3v) is 5.47. The molecule has 0 aliphatic carbocycles. The maximum atomic E-state index is 11.7. The Morgan fingerprint density at radius 2 is 0.756 bits per heavy atom. The minimum atomic E-state index is -1.11. The Morgan fingerprint density at radius 3 is 1.15 bits per heavy atom. The Labute approximate surface area is 240 Å². The molecule has 0 fully saturated rings. The molecule has 0 saturated carbocycles. The van der Waals surface area contributed by atoms with Crippen molar-refractivity contribution in [1.82, 2.24) is 0 Å². The van der Waals surface area contributed by atoms with Crippen molar-refractivity contribution in [3.05, 3.63) is 48.0 Å². The van der Waals surface area contributed by atoms with Crippen LogP contribution in [0.15, 0.2) is 42.5 Å². The summed E-state index contributed by atoms with van der Waals surface area (Å²) in [5, 5.41) is 9.54. The fourth-order valence-corrected chi connectivity index (χ4v) is 3.47. The largest absolute Gasteiger partial charge is 0.491 e. The van der Waals surface area contributed by atoms with Gasteiger partial charge in [0.1, 0.15) is 55.0 Å². The zero-order valence-corrected chi connectivity index (χ0v) is 23.3. The van der Waals surface area contributed by atoms with Crippen molar-refractivity contribution < 1.29 is 57.3 Å². The molecular formula is C29H40O12. The quantitative estimate of drug-likeness (QED) is 0.532. The molecule has 0 aromatic heterocycles. The number of ether oxygens (including phenoxy) is 10. The molecule has 4 aliphatic rings. The summed E-state index contributed by atoms with van der Waals surface area (Å²) in [7, 11) is 0. The molecule has 228 valence electrons. The van der Waals surface area contributed by atoms with Gasteiger partial charge in [0.25, 0.3) is 0 Å². The molecule has 0 saturated heterocycles. The monoisotopic (exact) mass is 580 g/mol. The molecule has 4 heterocycles. The third kappa shape index (κ3) is 14.4. The van der Waals surface area contributed by atoms with Crippen LogP contribution >= 0.6 is 0 Å². The second-order valence-corrected chi connectivity index (χ2v) is 8.50. The second kappa shape index (κ2) is 20.7. The number of carboxylic acid groups (broad SMARTS) is 1. The van der Waals surface area contributed by atoms with E-state index in [0.29, 0.717) is 91.6 Å². The molecule has 4 bridgehead atoms. The van der Waals surface area contributed by atoms with Gasteiger partial charge in [0, 0.05) is 0 Å². The van der Waals surface area contributed by atoms with E-state index in [1.165, 1.54) is 6.07 Å². The average molecular weight is 581 g/mol. The van der Waals surface area contributed by atoms with E-state index in [-0.39, 0.29) is 31.1 Å². The van der Waals surface area contributed by atoms with Crippen molar-refractivity contribution in [3.63, 3.8) is 0 Å². The number of hydrogen-bond acceptors (Lipinski definition) is 11. The summed E-state index contributed by atoms with van der Waals surface area (Å²) in [6.45, 7) is 6.20. The molecule has 12 nitrogen and oxygen atoms in total. The van der Waals surface area contributed by atoms with Gasteiger partial charge in [-0.25, -0.2) is 4.79 Å². The maximum absolute atomic E-state index is 11.7. The molecule has 0 amide bonds. The first-order valence-electron chi connectivity index (χ1n) is 13.7. The van der Waals surface area contributed by atoms with Gasteiger partial charge in [-0.3, -0.25) is 0 Å². The van der Waals surface area contributed by atoms with Crippen molar-refractivity contribution in [2.45, 2.75) is 0 Å². The van der Waals surface area contributed by atoms with Crippen LogP contribution in [0, 0.1) is 0 Å². The predicted octanol–water partition coefficient (Wildman–Crippen LogP) is 2.71. The molecular weight excluding hydrogens is 540 g/mol. The first-order chi connectivity index (χ1) is 20.2. The lowest BCUT2D eigenvalue weighted by molar-refractivity contribution is 0.00462. The fraction of sp³-hybridized carbons (Fsp3) is 0.552. The predicted molar refractivity (Wildman–Crippen MR) is 147 cm³/mol. The van der Waals surface area contributed by atoms with Gasteiger partial charge >= 0.3 is 5.97 Å². The van der Waals surface area contributed by atoms with Crippen molar-refractivity contribution in [1.29, 1.82) is 0 Å². The molecule has 12 heteroatoms. The first-order valence-corrected chi connectivity index (χ1v) is 13.7. The van der Waals surface area contributed by atoms with Crippen LogP contribution in [0.25, 0.3) is 0 Å². The Kier molecular flexibility index (Phi) is 16.4. The molecule has 2 aromatic carbocycles. The topological polar surface area (TPSA) is 130 Å². The third-order valence-electron chi connectivity index (χ3n) is 5.47. The molecule has 0 spiro atoms. The summed E-state index contributed by atoms with van der Waals surface area (Å²) in [6.07, 6.45) is 0.